The molecular formula is C24H26N6O2. The lowest BCUT2D eigenvalue weighted by molar-refractivity contribution is 0.249. The Labute approximate surface area is 186 Å². The van der Waals surface area contributed by atoms with Gasteiger partial charge < -0.3 is 19.9 Å². The molecule has 4 heterocycles. The van der Waals surface area contributed by atoms with Gasteiger partial charge in [0.25, 0.3) is 5.56 Å². The van der Waals surface area contributed by atoms with Crippen molar-refractivity contribution in [2.75, 3.05) is 50.1 Å². The van der Waals surface area contributed by atoms with E-state index in [4.69, 9.17) is 10.00 Å². The van der Waals surface area contributed by atoms with E-state index in [2.05, 4.69) is 49.4 Å². The Bertz CT molecular complexity index is 1250. The molecule has 3 aromatic rings. The molecule has 1 fully saturated rings. The van der Waals surface area contributed by atoms with E-state index in [0.29, 0.717) is 11.3 Å². The number of fused-ring (bicyclic) bond motifs is 3. The number of aromatic nitrogens is 2. The third-order valence-corrected chi connectivity index (χ3v) is 6.38. The highest BCUT2D eigenvalue weighted by Crippen LogP contribution is 2.28. The molecule has 1 aromatic carbocycles. The summed E-state index contributed by atoms with van der Waals surface area (Å²) in [6, 6.07) is 10.3. The Hall–Kier alpha value is -3.57. The number of nitrogens with one attached hydrogen (secondary N) is 2. The Morgan fingerprint density at radius 1 is 1.22 bits per heavy atom. The first-order valence-corrected chi connectivity index (χ1v) is 11.0. The highest BCUT2D eigenvalue weighted by atomic mass is 16.5. The van der Waals surface area contributed by atoms with Crippen LogP contribution in [0.1, 0.15) is 23.1 Å². The van der Waals surface area contributed by atoms with Crippen molar-refractivity contribution in [2.45, 2.75) is 19.4 Å². The molecule has 1 saturated heterocycles. The van der Waals surface area contributed by atoms with Gasteiger partial charge >= 0.3 is 0 Å². The third-order valence-electron chi connectivity index (χ3n) is 6.38. The number of hydrogen-bond acceptors (Lipinski definition) is 7. The van der Waals surface area contributed by atoms with E-state index in [-0.39, 0.29) is 5.56 Å². The Balaban J connectivity index is 1.28. The first-order valence-electron chi connectivity index (χ1n) is 11.0. The number of nitrogens with zero attached hydrogens (tertiary/aromatic N) is 4. The number of ether oxygens (including phenoxy) is 1. The first kappa shape index (κ1) is 20.3. The quantitative estimate of drug-likeness (QED) is 0.656. The third kappa shape index (κ3) is 3.76. The number of benzene rings is 1. The summed E-state index contributed by atoms with van der Waals surface area (Å²) in [5.41, 5.74) is 4.43. The van der Waals surface area contributed by atoms with E-state index in [1.54, 1.807) is 13.3 Å². The predicted molar refractivity (Wildman–Crippen MR) is 124 cm³/mol. The van der Waals surface area contributed by atoms with Crippen LogP contribution >= 0.6 is 0 Å². The van der Waals surface area contributed by atoms with E-state index < -0.39 is 0 Å². The maximum Gasteiger partial charge on any atom is 0.253 e. The number of hydrogen-bond donors (Lipinski definition) is 2. The van der Waals surface area contributed by atoms with E-state index in [1.165, 1.54) is 5.56 Å². The van der Waals surface area contributed by atoms with Crippen LogP contribution in [-0.2, 0) is 13.0 Å². The van der Waals surface area contributed by atoms with Crippen molar-refractivity contribution in [1.29, 1.82) is 5.26 Å². The number of methoxy groups -OCH3 is 1. The molecule has 2 aromatic heterocycles. The van der Waals surface area contributed by atoms with Crippen LogP contribution in [0.25, 0.3) is 10.9 Å². The van der Waals surface area contributed by atoms with Crippen LogP contribution in [0.15, 0.2) is 35.3 Å². The van der Waals surface area contributed by atoms with Gasteiger partial charge in [-0.15, -0.1) is 0 Å². The first-order chi connectivity index (χ1) is 15.7. The smallest absolute Gasteiger partial charge is 0.253 e. The number of H-pyrrole nitrogens is 1. The highest BCUT2D eigenvalue weighted by molar-refractivity contribution is 5.93. The molecule has 2 aliphatic rings. The molecule has 8 heteroatoms. The van der Waals surface area contributed by atoms with E-state index in [1.807, 2.05) is 6.07 Å². The summed E-state index contributed by atoms with van der Waals surface area (Å²) in [5, 5.41) is 13.7. The zero-order valence-electron chi connectivity index (χ0n) is 18.1. The second-order valence-corrected chi connectivity index (χ2v) is 8.34. The number of anilines is 2. The molecule has 0 bridgehead atoms. The van der Waals surface area contributed by atoms with Gasteiger partial charge in [-0.05, 0) is 24.5 Å². The van der Waals surface area contributed by atoms with Crippen LogP contribution in [0.2, 0.25) is 0 Å². The lowest BCUT2D eigenvalue weighted by atomic mass is 10.0. The van der Waals surface area contributed by atoms with Gasteiger partial charge in [0.15, 0.2) is 0 Å². The van der Waals surface area contributed by atoms with Crippen molar-refractivity contribution in [3.8, 4) is 11.8 Å². The predicted octanol–water partition coefficient (Wildman–Crippen LogP) is 2.48. The number of pyridine rings is 2. The fourth-order valence-corrected chi connectivity index (χ4v) is 4.65. The molecule has 0 saturated carbocycles. The average molecular weight is 431 g/mol. The summed E-state index contributed by atoms with van der Waals surface area (Å²) in [4.78, 5) is 24.6. The second-order valence-electron chi connectivity index (χ2n) is 8.34. The van der Waals surface area contributed by atoms with Gasteiger partial charge in [0, 0.05) is 56.3 Å². The van der Waals surface area contributed by atoms with Crippen molar-refractivity contribution >= 4 is 22.4 Å². The van der Waals surface area contributed by atoms with E-state index >= 15 is 0 Å². The summed E-state index contributed by atoms with van der Waals surface area (Å²) in [6.45, 7) is 5.26. The Morgan fingerprint density at radius 3 is 2.84 bits per heavy atom. The minimum atomic E-state index is 0.0239. The molecule has 0 radical (unpaired) electrons. The Morgan fingerprint density at radius 2 is 2.06 bits per heavy atom. The fourth-order valence-electron chi connectivity index (χ4n) is 4.65. The molecule has 5 rings (SSSR count). The molecule has 0 amide bonds. The van der Waals surface area contributed by atoms with Gasteiger partial charge in [0.1, 0.15) is 23.2 Å². The summed E-state index contributed by atoms with van der Waals surface area (Å²) < 4.78 is 5.32. The lowest BCUT2D eigenvalue weighted by Gasteiger charge is -2.35. The van der Waals surface area contributed by atoms with Crippen LogP contribution in [0.4, 0.5) is 11.5 Å². The zero-order valence-corrected chi connectivity index (χ0v) is 18.1. The molecule has 8 nitrogen and oxygen atoms in total. The Kier molecular flexibility index (Phi) is 5.41. The van der Waals surface area contributed by atoms with Gasteiger partial charge in [-0.2, -0.15) is 5.26 Å². The topological polar surface area (TPSA) is 97.3 Å². The number of piperazine rings is 1. The monoisotopic (exact) mass is 430 g/mol. The summed E-state index contributed by atoms with van der Waals surface area (Å²) in [6.07, 6.45) is 3.40. The minimum Gasteiger partial charge on any atom is -0.495 e. The van der Waals surface area contributed by atoms with Crippen LogP contribution < -0.4 is 20.5 Å². The van der Waals surface area contributed by atoms with Gasteiger partial charge in [-0.3, -0.25) is 9.69 Å². The molecule has 0 unspecified atom stereocenters. The van der Waals surface area contributed by atoms with Crippen LogP contribution in [0.5, 0.6) is 5.75 Å². The largest absolute Gasteiger partial charge is 0.495 e. The van der Waals surface area contributed by atoms with Crippen molar-refractivity contribution in [2.24, 2.45) is 0 Å². The normalized spacial score (nSPS) is 16.3. The maximum absolute atomic E-state index is 12.5. The van der Waals surface area contributed by atoms with Crippen molar-refractivity contribution in [1.82, 2.24) is 14.9 Å². The van der Waals surface area contributed by atoms with Crippen molar-refractivity contribution < 1.29 is 4.74 Å². The summed E-state index contributed by atoms with van der Waals surface area (Å²) in [7, 11) is 1.57. The molecule has 0 aliphatic carbocycles. The van der Waals surface area contributed by atoms with E-state index in [0.717, 1.165) is 80.1 Å². The van der Waals surface area contributed by atoms with Crippen molar-refractivity contribution in [3.05, 3.63) is 57.5 Å². The molecule has 2 N–H and O–H groups in total. The fraction of sp³-hybridized carbons (Fsp3) is 0.375. The lowest BCUT2D eigenvalue weighted by Crippen LogP contribution is -2.46. The summed E-state index contributed by atoms with van der Waals surface area (Å²) >= 11 is 0. The SMILES string of the molecule is COc1cc(N2CCN(Cc3ccc4c5c(c(=O)[nH]c4c3)CCCN5)CC2)ncc1C#N. The number of rotatable bonds is 4. The standard InChI is InChI=1S/C24H26N6O2/c1-32-21-12-22(27-14-17(21)13-25)30-9-7-29(8-10-30)15-16-4-5-18-20(11-16)28-24(31)19-3-2-6-26-23(18)19/h4-5,11-12,14,26H,2-3,6-10,15H2,1H3,(H,28,31). The zero-order chi connectivity index (χ0) is 22.1. The molecule has 2 aliphatic heterocycles. The van der Waals surface area contributed by atoms with Gasteiger partial charge in [0.2, 0.25) is 0 Å². The van der Waals surface area contributed by atoms with Crippen LogP contribution in [0, 0.1) is 11.3 Å². The summed E-state index contributed by atoms with van der Waals surface area (Å²) in [5.74, 6) is 1.39. The number of aromatic amines is 1. The molecule has 164 valence electrons. The molecule has 32 heavy (non-hydrogen) atoms. The van der Waals surface area contributed by atoms with Crippen LogP contribution in [-0.4, -0.2) is 54.7 Å². The van der Waals surface area contributed by atoms with Crippen molar-refractivity contribution in [3.63, 3.8) is 0 Å². The van der Waals surface area contributed by atoms with E-state index in [9.17, 15) is 4.79 Å². The second kappa shape index (κ2) is 8.52. The molecule has 0 atom stereocenters. The number of nitriles is 1. The molecule has 0 spiro atoms. The average Bonchev–Trinajstić information content (AvgIpc) is 2.84. The highest BCUT2D eigenvalue weighted by Gasteiger charge is 2.20. The molecular weight excluding hydrogens is 404 g/mol. The maximum atomic E-state index is 12.5. The van der Waals surface area contributed by atoms with Gasteiger partial charge in [-0.1, -0.05) is 12.1 Å². The minimum absolute atomic E-state index is 0.0239. The van der Waals surface area contributed by atoms with Gasteiger partial charge in [-0.25, -0.2) is 4.98 Å². The van der Waals surface area contributed by atoms with Crippen LogP contribution in [0.3, 0.4) is 0 Å². The van der Waals surface area contributed by atoms with Gasteiger partial charge in [0.05, 0.1) is 24.5 Å².